The van der Waals surface area contributed by atoms with Gasteiger partial charge in [0.1, 0.15) is 5.82 Å². The van der Waals surface area contributed by atoms with E-state index in [1.165, 1.54) is 0 Å². The smallest absolute Gasteiger partial charge is 0.233 e. The summed E-state index contributed by atoms with van der Waals surface area (Å²) in [5.41, 5.74) is 0. The van der Waals surface area contributed by atoms with Gasteiger partial charge in [0.2, 0.25) is 5.91 Å². The molecule has 1 rings (SSSR count). The van der Waals surface area contributed by atoms with E-state index in [9.17, 15) is 4.79 Å². The Labute approximate surface area is 83.0 Å². The molecule has 0 aliphatic heterocycles. The number of rotatable bonds is 5. The van der Waals surface area contributed by atoms with Crippen LogP contribution in [0, 0.1) is 0 Å². The van der Waals surface area contributed by atoms with Crippen LogP contribution in [0.5, 0.6) is 0 Å². The number of nitrogens with zero attached hydrogens (tertiary/aromatic N) is 2. The largest absolute Gasteiger partial charge is 0.355 e. The Kier molecular flexibility index (Phi) is 4.57. The van der Waals surface area contributed by atoms with Crippen LogP contribution in [0.2, 0.25) is 0 Å². The van der Waals surface area contributed by atoms with Crippen LogP contribution in [-0.4, -0.2) is 29.0 Å². The summed E-state index contributed by atoms with van der Waals surface area (Å²) in [6.07, 6.45) is 3.35. The van der Waals surface area contributed by atoms with Gasteiger partial charge in [0, 0.05) is 18.9 Å². The molecular weight excluding hydrogens is 180 g/mol. The summed E-state index contributed by atoms with van der Waals surface area (Å²) >= 11 is 0. The summed E-state index contributed by atoms with van der Waals surface area (Å²) in [6, 6.07) is 1.76. The summed E-state index contributed by atoms with van der Waals surface area (Å²) in [7, 11) is 0. The summed E-state index contributed by atoms with van der Waals surface area (Å²) in [4.78, 5) is 19.1. The van der Waals surface area contributed by atoms with Crippen molar-refractivity contribution < 1.29 is 4.79 Å². The lowest BCUT2D eigenvalue weighted by Crippen LogP contribution is -2.33. The third kappa shape index (κ3) is 3.95. The Hall–Kier alpha value is -1.49. The first-order chi connectivity index (χ1) is 6.83. The minimum absolute atomic E-state index is 0.0107. The Morgan fingerprint density at radius 3 is 2.79 bits per heavy atom. The van der Waals surface area contributed by atoms with E-state index in [0.29, 0.717) is 25.5 Å². The van der Waals surface area contributed by atoms with Crippen molar-refractivity contribution in [3.8, 4) is 0 Å². The van der Waals surface area contributed by atoms with Crippen LogP contribution in [0.15, 0.2) is 18.5 Å². The summed E-state index contributed by atoms with van der Waals surface area (Å²) in [5, 5.41) is 5.64. The molecule has 5 nitrogen and oxygen atoms in total. The van der Waals surface area contributed by atoms with Crippen LogP contribution >= 0.6 is 0 Å². The van der Waals surface area contributed by atoms with Crippen LogP contribution in [0.25, 0.3) is 0 Å². The van der Waals surface area contributed by atoms with Crippen molar-refractivity contribution in [2.45, 2.75) is 13.5 Å². The predicted molar refractivity (Wildman–Crippen MR) is 52.4 cm³/mol. The molecule has 5 heteroatoms. The minimum atomic E-state index is -0.0107. The van der Waals surface area contributed by atoms with Gasteiger partial charge >= 0.3 is 0 Å². The van der Waals surface area contributed by atoms with Crippen molar-refractivity contribution in [2.24, 2.45) is 0 Å². The fourth-order valence-corrected chi connectivity index (χ4v) is 0.969. The van der Waals surface area contributed by atoms with Crippen LogP contribution in [-0.2, 0) is 11.3 Å². The molecule has 0 aromatic carbocycles. The van der Waals surface area contributed by atoms with Gasteiger partial charge in [0.15, 0.2) is 0 Å². The molecule has 0 spiro atoms. The molecule has 1 amide bonds. The molecule has 0 saturated carbocycles. The monoisotopic (exact) mass is 194 g/mol. The second-order valence-corrected chi connectivity index (χ2v) is 2.72. The van der Waals surface area contributed by atoms with Crippen molar-refractivity contribution in [3.05, 3.63) is 24.3 Å². The highest BCUT2D eigenvalue weighted by Crippen LogP contribution is 1.84. The Morgan fingerprint density at radius 1 is 1.43 bits per heavy atom. The second kappa shape index (κ2) is 6.04. The molecule has 0 bridgehead atoms. The van der Waals surface area contributed by atoms with E-state index < -0.39 is 0 Å². The molecule has 76 valence electrons. The summed E-state index contributed by atoms with van der Waals surface area (Å²) in [5.74, 6) is 0.681. The number of likely N-dealkylation sites (N-methyl/N-ethyl adjacent to an activating group) is 1. The first-order valence-corrected chi connectivity index (χ1v) is 4.56. The molecular formula is C9H14N4O. The van der Waals surface area contributed by atoms with Crippen LogP contribution in [0.1, 0.15) is 12.7 Å². The van der Waals surface area contributed by atoms with Crippen LogP contribution in [0.4, 0.5) is 0 Å². The summed E-state index contributed by atoms with van der Waals surface area (Å²) < 4.78 is 0. The van der Waals surface area contributed by atoms with Gasteiger partial charge < -0.3 is 10.6 Å². The Balaban J connectivity index is 2.19. The molecule has 0 aliphatic rings. The van der Waals surface area contributed by atoms with E-state index >= 15 is 0 Å². The van der Waals surface area contributed by atoms with Crippen molar-refractivity contribution in [2.75, 3.05) is 13.1 Å². The highest BCUT2D eigenvalue weighted by Gasteiger charge is 1.98. The maximum absolute atomic E-state index is 11.0. The zero-order valence-corrected chi connectivity index (χ0v) is 8.16. The number of hydrogen-bond acceptors (Lipinski definition) is 4. The number of aromatic nitrogens is 2. The van der Waals surface area contributed by atoms with E-state index in [2.05, 4.69) is 20.6 Å². The number of carbonyl (C=O) groups is 1. The van der Waals surface area contributed by atoms with Crippen LogP contribution in [0.3, 0.4) is 0 Å². The Bertz CT molecular complexity index is 275. The summed E-state index contributed by atoms with van der Waals surface area (Å²) in [6.45, 7) is 3.35. The van der Waals surface area contributed by atoms with E-state index in [1.54, 1.807) is 18.5 Å². The van der Waals surface area contributed by atoms with Gasteiger partial charge in [0.25, 0.3) is 0 Å². The van der Waals surface area contributed by atoms with Crippen LogP contribution < -0.4 is 10.6 Å². The average molecular weight is 194 g/mol. The molecule has 0 atom stereocenters. The number of nitrogens with one attached hydrogen (secondary N) is 2. The quantitative estimate of drug-likeness (QED) is 0.675. The zero-order valence-electron chi connectivity index (χ0n) is 8.16. The third-order valence-electron chi connectivity index (χ3n) is 1.56. The molecule has 1 aromatic heterocycles. The van der Waals surface area contributed by atoms with E-state index in [0.717, 1.165) is 0 Å². The average Bonchev–Trinajstić information content (AvgIpc) is 2.20. The van der Waals surface area contributed by atoms with Gasteiger partial charge in [0.05, 0.1) is 13.1 Å². The Morgan fingerprint density at radius 2 is 2.14 bits per heavy atom. The molecule has 0 unspecified atom stereocenters. The minimum Gasteiger partial charge on any atom is -0.355 e. The van der Waals surface area contributed by atoms with Crippen molar-refractivity contribution >= 4 is 5.91 Å². The lowest BCUT2D eigenvalue weighted by atomic mass is 10.5. The van der Waals surface area contributed by atoms with Crippen molar-refractivity contribution in [1.29, 1.82) is 0 Å². The van der Waals surface area contributed by atoms with Gasteiger partial charge in [-0.25, -0.2) is 9.97 Å². The maximum atomic E-state index is 11.0. The van der Waals surface area contributed by atoms with Gasteiger partial charge in [-0.3, -0.25) is 4.79 Å². The molecule has 1 aromatic rings. The molecule has 14 heavy (non-hydrogen) atoms. The molecule has 0 saturated heterocycles. The predicted octanol–water partition coefficient (Wildman–Crippen LogP) is -0.298. The van der Waals surface area contributed by atoms with Crippen molar-refractivity contribution in [3.63, 3.8) is 0 Å². The highest BCUT2D eigenvalue weighted by atomic mass is 16.1. The SMILES string of the molecule is CCNC(=O)CNCc1ncccn1. The standard InChI is InChI=1S/C9H14N4O/c1-2-11-9(14)7-10-6-8-12-4-3-5-13-8/h3-5,10H,2,6-7H2,1H3,(H,11,14). The van der Waals surface area contributed by atoms with Gasteiger partial charge in [-0.1, -0.05) is 0 Å². The zero-order chi connectivity index (χ0) is 10.2. The third-order valence-corrected chi connectivity index (χ3v) is 1.56. The molecule has 0 fully saturated rings. The van der Waals surface area contributed by atoms with E-state index in [1.807, 2.05) is 6.92 Å². The van der Waals surface area contributed by atoms with Crippen molar-refractivity contribution in [1.82, 2.24) is 20.6 Å². The first-order valence-electron chi connectivity index (χ1n) is 4.56. The van der Waals surface area contributed by atoms with Gasteiger partial charge in [-0.05, 0) is 13.0 Å². The number of hydrogen-bond donors (Lipinski definition) is 2. The molecule has 0 radical (unpaired) electrons. The van der Waals surface area contributed by atoms with E-state index in [4.69, 9.17) is 0 Å². The fraction of sp³-hybridized carbons (Fsp3) is 0.444. The molecule has 0 aliphatic carbocycles. The van der Waals surface area contributed by atoms with Gasteiger partial charge in [-0.2, -0.15) is 0 Å². The normalized spacial score (nSPS) is 9.79. The lowest BCUT2D eigenvalue weighted by molar-refractivity contribution is -0.120. The maximum Gasteiger partial charge on any atom is 0.233 e. The van der Waals surface area contributed by atoms with Gasteiger partial charge in [-0.15, -0.1) is 0 Å². The first kappa shape index (κ1) is 10.6. The fourth-order valence-electron chi connectivity index (χ4n) is 0.969. The second-order valence-electron chi connectivity index (χ2n) is 2.72. The molecule has 1 heterocycles. The number of carbonyl (C=O) groups excluding carboxylic acids is 1. The highest BCUT2D eigenvalue weighted by molar-refractivity contribution is 5.77. The molecule has 2 N–H and O–H groups in total. The topological polar surface area (TPSA) is 66.9 Å². The lowest BCUT2D eigenvalue weighted by Gasteiger charge is -2.03. The number of amides is 1. The van der Waals surface area contributed by atoms with E-state index in [-0.39, 0.29) is 5.91 Å².